The molecule has 0 aliphatic carbocycles. The van der Waals surface area contributed by atoms with Gasteiger partial charge in [-0.2, -0.15) is 0 Å². The van der Waals surface area contributed by atoms with Gasteiger partial charge in [-0.05, 0) is 12.5 Å². The van der Waals surface area contributed by atoms with E-state index in [1.54, 1.807) is 0 Å². The molecule has 0 saturated carbocycles. The van der Waals surface area contributed by atoms with E-state index in [2.05, 4.69) is 4.98 Å². The first-order valence-electron chi connectivity index (χ1n) is 7.76. The quantitative estimate of drug-likeness (QED) is 0.431. The van der Waals surface area contributed by atoms with Crippen LogP contribution in [-0.4, -0.2) is 27.0 Å². The summed E-state index contributed by atoms with van der Waals surface area (Å²) in [6.07, 6.45) is 0.454. The van der Waals surface area contributed by atoms with E-state index >= 15 is 0 Å². The molecule has 8 heteroatoms. The van der Waals surface area contributed by atoms with Crippen molar-refractivity contribution in [3.05, 3.63) is 46.1 Å². The van der Waals surface area contributed by atoms with Crippen LogP contribution < -0.4 is 11.4 Å². The summed E-state index contributed by atoms with van der Waals surface area (Å²) in [5, 5.41) is 2.36. The van der Waals surface area contributed by atoms with Crippen LogP contribution in [-0.2, 0) is 9.53 Å². The molecule has 0 radical (unpaired) electrons. The molecular weight excluding hydrogens is 358 g/mol. The Kier molecular flexibility index (Phi) is 4.01. The van der Waals surface area contributed by atoms with E-state index in [-0.39, 0.29) is 22.9 Å². The number of cyclic esters (lactones) is 1. The molecule has 128 valence electrons. The van der Waals surface area contributed by atoms with Crippen LogP contribution >= 0.6 is 23.1 Å². The lowest BCUT2D eigenvalue weighted by Crippen LogP contribution is -2.30. The molecule has 1 aromatic carbocycles. The zero-order valence-corrected chi connectivity index (χ0v) is 15.0. The van der Waals surface area contributed by atoms with Gasteiger partial charge in [-0.15, -0.1) is 11.3 Å². The first kappa shape index (κ1) is 16.2. The fraction of sp³-hybridized carbons (Fsp3) is 0.235. The van der Waals surface area contributed by atoms with E-state index in [1.807, 2.05) is 42.6 Å². The highest BCUT2D eigenvalue weighted by Gasteiger charge is 2.34. The Balaban J connectivity index is 1.78. The highest BCUT2D eigenvalue weighted by atomic mass is 32.2. The van der Waals surface area contributed by atoms with Crippen LogP contribution in [0.25, 0.3) is 21.3 Å². The molecule has 2 atom stereocenters. The van der Waals surface area contributed by atoms with E-state index in [9.17, 15) is 9.59 Å². The fourth-order valence-electron chi connectivity index (χ4n) is 2.84. The highest BCUT2D eigenvalue weighted by molar-refractivity contribution is 8.00. The second-order valence-electron chi connectivity index (χ2n) is 5.85. The average Bonchev–Trinajstić information content (AvgIpc) is 3.16. The largest absolute Gasteiger partial charge is 0.462 e. The summed E-state index contributed by atoms with van der Waals surface area (Å²) in [7, 11) is 0. The molecule has 1 fully saturated rings. The second kappa shape index (κ2) is 6.20. The van der Waals surface area contributed by atoms with Crippen molar-refractivity contribution in [1.29, 1.82) is 0 Å². The molecule has 0 amide bonds. The summed E-state index contributed by atoms with van der Waals surface area (Å²) >= 11 is 2.58. The number of benzene rings is 1. The van der Waals surface area contributed by atoms with Gasteiger partial charge < -0.3 is 10.6 Å². The summed E-state index contributed by atoms with van der Waals surface area (Å²) in [4.78, 5) is 29.8. The van der Waals surface area contributed by atoms with Gasteiger partial charge in [0.05, 0.1) is 5.39 Å². The lowest BCUT2D eigenvalue weighted by Gasteiger charge is -2.09. The molecular formula is C17H15N3O3S2. The van der Waals surface area contributed by atoms with Crippen LogP contribution in [0.4, 0.5) is 0 Å². The number of aromatic nitrogens is 2. The molecule has 6 nitrogen and oxygen atoms in total. The minimum atomic E-state index is -0.386. The molecule has 1 saturated heterocycles. The first-order chi connectivity index (χ1) is 12.0. The van der Waals surface area contributed by atoms with Crippen molar-refractivity contribution in [2.45, 2.75) is 29.9 Å². The van der Waals surface area contributed by atoms with Crippen molar-refractivity contribution in [3.8, 4) is 11.1 Å². The first-order valence-corrected chi connectivity index (χ1v) is 9.52. The van der Waals surface area contributed by atoms with Crippen molar-refractivity contribution in [2.75, 3.05) is 5.84 Å². The lowest BCUT2D eigenvalue weighted by molar-refractivity contribution is -0.140. The number of thioether (sulfide) groups is 1. The molecule has 1 aliphatic rings. The third kappa shape index (κ3) is 2.81. The number of hydrogen-bond acceptors (Lipinski definition) is 7. The van der Waals surface area contributed by atoms with Gasteiger partial charge >= 0.3 is 5.97 Å². The monoisotopic (exact) mass is 373 g/mol. The summed E-state index contributed by atoms with van der Waals surface area (Å²) < 4.78 is 6.18. The minimum absolute atomic E-state index is 0.127. The van der Waals surface area contributed by atoms with Crippen molar-refractivity contribution in [3.63, 3.8) is 0 Å². The summed E-state index contributed by atoms with van der Waals surface area (Å²) in [5.74, 6) is 5.70. The van der Waals surface area contributed by atoms with Crippen LogP contribution in [0.3, 0.4) is 0 Å². The van der Waals surface area contributed by atoms with Gasteiger partial charge in [-0.1, -0.05) is 42.1 Å². The maximum Gasteiger partial charge on any atom is 0.319 e. The topological polar surface area (TPSA) is 87.2 Å². The van der Waals surface area contributed by atoms with Crippen LogP contribution in [0, 0.1) is 0 Å². The zero-order valence-electron chi connectivity index (χ0n) is 13.3. The zero-order chi connectivity index (χ0) is 17.6. The van der Waals surface area contributed by atoms with Gasteiger partial charge in [0.2, 0.25) is 0 Å². The fourth-order valence-corrected chi connectivity index (χ4v) is 4.95. The Labute approximate surface area is 151 Å². The van der Waals surface area contributed by atoms with E-state index < -0.39 is 0 Å². The Bertz CT molecular complexity index is 1010. The number of carbonyl (C=O) groups excluding carboxylic acids is 1. The molecule has 4 rings (SSSR count). The predicted octanol–water partition coefficient (Wildman–Crippen LogP) is 2.63. The molecule has 3 aromatic rings. The lowest BCUT2D eigenvalue weighted by atomic mass is 10.1. The number of esters is 1. The van der Waals surface area contributed by atoms with Crippen molar-refractivity contribution < 1.29 is 9.53 Å². The van der Waals surface area contributed by atoms with E-state index in [1.165, 1.54) is 23.1 Å². The number of nitrogens with zero attached hydrogens (tertiary/aromatic N) is 2. The Hall–Kier alpha value is -2.32. The molecule has 2 N–H and O–H groups in total. The van der Waals surface area contributed by atoms with Crippen LogP contribution in [0.5, 0.6) is 0 Å². The number of nitrogens with two attached hydrogens (primary N) is 1. The third-order valence-corrected chi connectivity index (χ3v) is 6.11. The van der Waals surface area contributed by atoms with Crippen LogP contribution in [0.1, 0.15) is 13.3 Å². The summed E-state index contributed by atoms with van der Waals surface area (Å²) in [6, 6.07) is 9.66. The number of nitrogen functional groups attached to an aromatic ring is 1. The predicted molar refractivity (Wildman–Crippen MR) is 99.3 cm³/mol. The Morgan fingerprint density at radius 3 is 2.76 bits per heavy atom. The highest BCUT2D eigenvalue weighted by Crippen LogP contribution is 2.34. The maximum atomic E-state index is 12.8. The number of thiophene rings is 1. The molecule has 0 unspecified atom stereocenters. The number of carbonyl (C=O) groups is 1. The average molecular weight is 373 g/mol. The van der Waals surface area contributed by atoms with Gasteiger partial charge in [0.1, 0.15) is 16.2 Å². The minimum Gasteiger partial charge on any atom is -0.462 e. The molecule has 3 heterocycles. The van der Waals surface area contributed by atoms with Gasteiger partial charge in [-0.3, -0.25) is 9.59 Å². The van der Waals surface area contributed by atoms with Gasteiger partial charge in [0.15, 0.2) is 5.16 Å². The number of ether oxygens (including phenoxy) is 1. The second-order valence-corrected chi connectivity index (χ2v) is 7.88. The van der Waals surface area contributed by atoms with Crippen molar-refractivity contribution in [1.82, 2.24) is 9.66 Å². The SMILES string of the molecule is C[C@H]1C[C@@H](Sc2nc3scc(-c4ccccc4)c3c(=O)n2N)C(=O)O1. The molecule has 25 heavy (non-hydrogen) atoms. The van der Waals surface area contributed by atoms with Crippen molar-refractivity contribution in [2.24, 2.45) is 0 Å². The standard InChI is InChI=1S/C17H15N3O3S2/c1-9-7-12(16(22)23-9)25-17-19-14-13(15(21)20(17)18)11(8-24-14)10-5-3-2-4-6-10/h2-6,8-9,12H,7,18H2,1H3/t9-,12+/m0/s1. The smallest absolute Gasteiger partial charge is 0.319 e. The maximum absolute atomic E-state index is 12.8. The number of fused-ring (bicyclic) bond motifs is 1. The molecule has 1 aliphatic heterocycles. The van der Waals surface area contributed by atoms with Crippen LogP contribution in [0.15, 0.2) is 45.7 Å². The number of rotatable bonds is 3. The van der Waals surface area contributed by atoms with Crippen LogP contribution in [0.2, 0.25) is 0 Å². The molecule has 2 aromatic heterocycles. The van der Waals surface area contributed by atoms with Gasteiger partial charge in [0.25, 0.3) is 5.56 Å². The van der Waals surface area contributed by atoms with E-state index in [4.69, 9.17) is 10.6 Å². The third-order valence-electron chi connectivity index (χ3n) is 4.07. The number of hydrogen-bond donors (Lipinski definition) is 1. The summed E-state index contributed by atoms with van der Waals surface area (Å²) in [6.45, 7) is 1.84. The van der Waals surface area contributed by atoms with Gasteiger partial charge in [-0.25, -0.2) is 9.66 Å². The molecule has 0 bridgehead atoms. The molecule has 0 spiro atoms. The summed E-state index contributed by atoms with van der Waals surface area (Å²) in [5.41, 5.74) is 1.45. The Morgan fingerprint density at radius 1 is 1.32 bits per heavy atom. The van der Waals surface area contributed by atoms with Gasteiger partial charge in [0, 0.05) is 17.4 Å². The van der Waals surface area contributed by atoms with Crippen molar-refractivity contribution >= 4 is 39.3 Å². The van der Waals surface area contributed by atoms with E-state index in [0.29, 0.717) is 21.8 Å². The normalized spacial score (nSPS) is 20.1. The van der Waals surface area contributed by atoms with E-state index in [0.717, 1.165) is 15.8 Å². The Morgan fingerprint density at radius 2 is 2.08 bits per heavy atom.